The maximum Gasteiger partial charge on any atom is 0.420 e. The van der Waals surface area contributed by atoms with Crippen molar-refractivity contribution in [2.45, 2.75) is 95.5 Å². The van der Waals surface area contributed by atoms with Gasteiger partial charge < -0.3 is 9.84 Å². The minimum atomic E-state index is -4.51. The summed E-state index contributed by atoms with van der Waals surface area (Å²) < 4.78 is 48.9. The Hall–Kier alpha value is -2.28. The lowest BCUT2D eigenvalue weighted by Crippen LogP contribution is -2.53. The molecule has 196 valence electrons. The summed E-state index contributed by atoms with van der Waals surface area (Å²) in [5.74, 6) is -0.448. The third-order valence-corrected chi connectivity index (χ3v) is 8.72. The van der Waals surface area contributed by atoms with Gasteiger partial charge in [0.2, 0.25) is 0 Å². The van der Waals surface area contributed by atoms with E-state index >= 15 is 0 Å². The fourth-order valence-corrected chi connectivity index (χ4v) is 6.72. The van der Waals surface area contributed by atoms with E-state index < -0.39 is 17.7 Å². The Kier molecular flexibility index (Phi) is 7.21. The zero-order chi connectivity index (χ0) is 25.4. The van der Waals surface area contributed by atoms with Gasteiger partial charge in [-0.1, -0.05) is 37.6 Å². The summed E-state index contributed by atoms with van der Waals surface area (Å²) in [6.45, 7) is 2.92. The summed E-state index contributed by atoms with van der Waals surface area (Å²) in [6, 6.07) is 9.11. The highest BCUT2D eigenvalue weighted by Crippen LogP contribution is 2.43. The minimum Gasteiger partial charge on any atom is -0.490 e. The number of aliphatic carboxylic acids is 1. The number of rotatable bonds is 6. The first-order valence-corrected chi connectivity index (χ1v) is 13.5. The van der Waals surface area contributed by atoms with E-state index in [1.165, 1.54) is 6.07 Å². The van der Waals surface area contributed by atoms with E-state index in [9.17, 15) is 23.1 Å². The average Bonchev–Trinajstić information content (AvgIpc) is 2.82. The highest BCUT2D eigenvalue weighted by molar-refractivity contribution is 5.89. The van der Waals surface area contributed by atoms with Crippen LogP contribution in [-0.2, 0) is 17.4 Å². The maximum atomic E-state index is 14.3. The first-order chi connectivity index (χ1) is 17.2. The number of carboxylic acid groups (broad SMARTS) is 1. The van der Waals surface area contributed by atoms with Crippen molar-refractivity contribution >= 4 is 16.7 Å². The van der Waals surface area contributed by atoms with Gasteiger partial charge in [0.05, 0.1) is 12.0 Å². The molecule has 2 aromatic carbocycles. The number of nitrogens with zero attached hydrogens (tertiary/aromatic N) is 1. The second-order valence-corrected chi connectivity index (χ2v) is 11.2. The molecule has 2 aromatic rings. The zero-order valence-corrected chi connectivity index (χ0v) is 20.9. The summed E-state index contributed by atoms with van der Waals surface area (Å²) in [4.78, 5) is 14.0. The largest absolute Gasteiger partial charge is 0.490 e. The number of alkyl halides is 3. The van der Waals surface area contributed by atoms with E-state index in [0.29, 0.717) is 30.6 Å². The third-order valence-electron chi connectivity index (χ3n) is 8.72. The second kappa shape index (κ2) is 10.2. The van der Waals surface area contributed by atoms with Gasteiger partial charge in [0.1, 0.15) is 11.3 Å². The Morgan fingerprint density at radius 3 is 2.33 bits per heavy atom. The molecule has 7 heteroatoms. The molecule has 36 heavy (non-hydrogen) atoms. The van der Waals surface area contributed by atoms with Crippen molar-refractivity contribution in [3.63, 3.8) is 0 Å². The minimum absolute atomic E-state index is 0.0584. The van der Waals surface area contributed by atoms with Crippen molar-refractivity contribution in [2.24, 2.45) is 11.8 Å². The molecule has 1 saturated carbocycles. The Balaban J connectivity index is 1.37. The molecule has 5 rings (SSSR count). The number of hydrogen-bond acceptors (Lipinski definition) is 3. The molecular formula is C29H36F3NO3. The van der Waals surface area contributed by atoms with Crippen LogP contribution in [0.1, 0.15) is 75.8 Å². The average molecular weight is 504 g/mol. The third kappa shape index (κ3) is 5.36. The van der Waals surface area contributed by atoms with Crippen molar-refractivity contribution in [1.82, 2.24) is 4.90 Å². The SMILES string of the molecule is C[C@H]1CC[C@@H](Oc2ccc3ccc(CCN4C5CCCC4CC(C(=O)O)C5)cc3c2C(F)(F)F)CC1. The fourth-order valence-electron chi connectivity index (χ4n) is 6.72. The molecule has 1 N–H and O–H groups in total. The van der Waals surface area contributed by atoms with Gasteiger partial charge in [-0.05, 0) is 86.1 Å². The van der Waals surface area contributed by atoms with Crippen LogP contribution in [0.25, 0.3) is 10.8 Å². The molecule has 2 saturated heterocycles. The van der Waals surface area contributed by atoms with Crippen LogP contribution in [-0.4, -0.2) is 40.7 Å². The summed E-state index contributed by atoms with van der Waals surface area (Å²) in [6.07, 6.45) is 3.95. The highest BCUT2D eigenvalue weighted by atomic mass is 19.4. The summed E-state index contributed by atoms with van der Waals surface area (Å²) >= 11 is 0. The van der Waals surface area contributed by atoms with Crippen LogP contribution >= 0.6 is 0 Å². The van der Waals surface area contributed by atoms with E-state index in [1.807, 2.05) is 6.07 Å². The molecule has 1 aliphatic carbocycles. The standard InChI is InChI=1S/C29H36F3NO3/c1-18-5-10-24(11-6-18)36-26-12-9-20-8-7-19(15-25(20)27(26)29(30,31)32)13-14-33-22-3-2-4-23(33)17-21(16-22)28(34)35/h7-9,12,15,18,21-24H,2-6,10-11,13-14,16-17H2,1H3,(H,34,35)/t18-,21?,22?,23?,24+. The van der Waals surface area contributed by atoms with Crippen molar-refractivity contribution in [2.75, 3.05) is 6.54 Å². The summed E-state index contributed by atoms with van der Waals surface area (Å²) in [5.41, 5.74) is 0.203. The van der Waals surface area contributed by atoms with Crippen LogP contribution < -0.4 is 4.74 Å². The van der Waals surface area contributed by atoms with E-state index in [2.05, 4.69) is 11.8 Å². The molecule has 0 aromatic heterocycles. The highest BCUT2D eigenvalue weighted by Gasteiger charge is 2.40. The van der Waals surface area contributed by atoms with Gasteiger partial charge in [-0.2, -0.15) is 13.2 Å². The van der Waals surface area contributed by atoms with Crippen LogP contribution in [0, 0.1) is 11.8 Å². The number of piperidine rings is 2. The molecule has 2 atom stereocenters. The van der Waals surface area contributed by atoms with Crippen molar-refractivity contribution in [3.8, 4) is 5.75 Å². The molecule has 0 spiro atoms. The predicted octanol–water partition coefficient (Wildman–Crippen LogP) is 7.08. The lowest BCUT2D eigenvalue weighted by molar-refractivity contribution is -0.146. The van der Waals surface area contributed by atoms with Crippen molar-refractivity contribution in [1.29, 1.82) is 0 Å². The Morgan fingerprint density at radius 2 is 1.69 bits per heavy atom. The number of carbonyl (C=O) groups is 1. The monoisotopic (exact) mass is 503 g/mol. The van der Waals surface area contributed by atoms with Gasteiger partial charge in [-0.15, -0.1) is 0 Å². The molecule has 2 unspecified atom stereocenters. The molecule has 2 heterocycles. The molecule has 2 aliphatic heterocycles. The van der Waals surface area contributed by atoms with Gasteiger partial charge in [0.25, 0.3) is 0 Å². The number of fused-ring (bicyclic) bond motifs is 3. The lowest BCUT2D eigenvalue weighted by Gasteiger charge is -2.48. The van der Waals surface area contributed by atoms with Gasteiger partial charge >= 0.3 is 12.1 Å². The fraction of sp³-hybridized carbons (Fsp3) is 0.621. The van der Waals surface area contributed by atoms with E-state index in [-0.39, 0.29) is 35.2 Å². The molecular weight excluding hydrogens is 467 g/mol. The van der Waals surface area contributed by atoms with Gasteiger partial charge in [0, 0.05) is 18.6 Å². The Morgan fingerprint density at radius 1 is 1.03 bits per heavy atom. The number of carboxylic acids is 1. The molecule has 3 aliphatic rings. The topological polar surface area (TPSA) is 49.8 Å². The quantitative estimate of drug-likeness (QED) is 0.458. The Bertz CT molecular complexity index is 1080. The van der Waals surface area contributed by atoms with E-state index in [4.69, 9.17) is 4.74 Å². The van der Waals surface area contributed by atoms with Crippen molar-refractivity contribution in [3.05, 3.63) is 41.5 Å². The van der Waals surface area contributed by atoms with Crippen LogP contribution in [0.5, 0.6) is 5.75 Å². The zero-order valence-electron chi connectivity index (χ0n) is 20.9. The van der Waals surface area contributed by atoms with Crippen LogP contribution in [0.4, 0.5) is 13.2 Å². The molecule has 0 radical (unpaired) electrons. The normalized spacial score (nSPS) is 29.3. The summed E-state index contributed by atoms with van der Waals surface area (Å²) in [7, 11) is 0. The second-order valence-electron chi connectivity index (χ2n) is 11.2. The number of hydrogen-bond donors (Lipinski definition) is 1. The van der Waals surface area contributed by atoms with E-state index in [0.717, 1.165) is 57.1 Å². The maximum absolute atomic E-state index is 14.3. The molecule has 2 bridgehead atoms. The molecule has 3 fully saturated rings. The Labute approximate surface area is 210 Å². The predicted molar refractivity (Wildman–Crippen MR) is 133 cm³/mol. The van der Waals surface area contributed by atoms with E-state index in [1.54, 1.807) is 18.2 Å². The first kappa shape index (κ1) is 25.4. The van der Waals surface area contributed by atoms with Crippen LogP contribution in [0.2, 0.25) is 0 Å². The molecule has 4 nitrogen and oxygen atoms in total. The van der Waals surface area contributed by atoms with Crippen LogP contribution in [0.15, 0.2) is 30.3 Å². The number of ether oxygens (including phenoxy) is 1. The summed E-state index contributed by atoms with van der Waals surface area (Å²) in [5, 5.41) is 10.3. The first-order valence-electron chi connectivity index (χ1n) is 13.5. The number of benzene rings is 2. The molecule has 0 amide bonds. The van der Waals surface area contributed by atoms with Crippen LogP contribution in [0.3, 0.4) is 0 Å². The van der Waals surface area contributed by atoms with Crippen molar-refractivity contribution < 1.29 is 27.8 Å². The van der Waals surface area contributed by atoms with Gasteiger partial charge in [0.15, 0.2) is 0 Å². The lowest BCUT2D eigenvalue weighted by atomic mass is 9.78. The smallest absolute Gasteiger partial charge is 0.420 e. The van der Waals surface area contributed by atoms with Gasteiger partial charge in [-0.25, -0.2) is 0 Å². The number of halogens is 3. The van der Waals surface area contributed by atoms with Gasteiger partial charge in [-0.3, -0.25) is 9.69 Å².